The molecule has 6 heteroatoms. The van der Waals surface area contributed by atoms with Crippen molar-refractivity contribution in [3.8, 4) is 11.9 Å². The van der Waals surface area contributed by atoms with Gasteiger partial charge in [-0.15, -0.1) is 0 Å². The SMILES string of the molecule is COc1nc(Nc2ccc(C#N)cc2F)ccc1N. The van der Waals surface area contributed by atoms with E-state index in [9.17, 15) is 4.39 Å². The van der Waals surface area contributed by atoms with Crippen LogP contribution in [0.1, 0.15) is 5.56 Å². The van der Waals surface area contributed by atoms with Crippen molar-refractivity contribution in [3.05, 3.63) is 41.7 Å². The summed E-state index contributed by atoms with van der Waals surface area (Å²) in [4.78, 5) is 4.08. The second-order valence-corrected chi connectivity index (χ2v) is 3.73. The Morgan fingerprint density at radius 2 is 2.16 bits per heavy atom. The van der Waals surface area contributed by atoms with Crippen molar-refractivity contribution in [3.63, 3.8) is 0 Å². The maximum absolute atomic E-state index is 13.7. The highest BCUT2D eigenvalue weighted by atomic mass is 19.1. The molecule has 0 radical (unpaired) electrons. The standard InChI is InChI=1S/C13H11FN4O/c1-19-13-10(16)3-5-12(18-13)17-11-4-2-8(7-15)6-9(11)14/h2-6H,16H2,1H3,(H,17,18). The zero-order valence-corrected chi connectivity index (χ0v) is 10.1. The van der Waals surface area contributed by atoms with Crippen LogP contribution in [0.2, 0.25) is 0 Å². The first-order valence-corrected chi connectivity index (χ1v) is 5.41. The topological polar surface area (TPSA) is 84.0 Å². The van der Waals surface area contributed by atoms with Crippen LogP contribution in [0.5, 0.6) is 5.88 Å². The van der Waals surface area contributed by atoms with Crippen molar-refractivity contribution in [2.24, 2.45) is 0 Å². The Morgan fingerprint density at radius 1 is 1.37 bits per heavy atom. The molecule has 0 spiro atoms. The van der Waals surface area contributed by atoms with Crippen molar-refractivity contribution in [1.82, 2.24) is 4.98 Å². The lowest BCUT2D eigenvalue weighted by molar-refractivity contribution is 0.401. The van der Waals surface area contributed by atoms with Gasteiger partial charge in [-0.05, 0) is 30.3 Å². The lowest BCUT2D eigenvalue weighted by atomic mass is 10.2. The first-order valence-electron chi connectivity index (χ1n) is 5.41. The number of ether oxygens (including phenoxy) is 1. The smallest absolute Gasteiger partial charge is 0.238 e. The number of methoxy groups -OCH3 is 1. The third-order valence-electron chi connectivity index (χ3n) is 2.44. The molecule has 3 N–H and O–H groups in total. The first kappa shape index (κ1) is 12.6. The number of hydrogen-bond donors (Lipinski definition) is 2. The average molecular weight is 258 g/mol. The van der Waals surface area contributed by atoms with Gasteiger partial charge in [0.05, 0.1) is 30.1 Å². The molecule has 1 aromatic heterocycles. The predicted octanol–water partition coefficient (Wildman–Crippen LogP) is 2.43. The summed E-state index contributed by atoms with van der Waals surface area (Å²) in [6, 6.07) is 9.21. The largest absolute Gasteiger partial charge is 0.479 e. The van der Waals surface area contributed by atoms with Gasteiger partial charge in [-0.1, -0.05) is 0 Å². The molecule has 0 bridgehead atoms. The number of hydrogen-bond acceptors (Lipinski definition) is 5. The Balaban J connectivity index is 2.29. The van der Waals surface area contributed by atoms with Gasteiger partial charge < -0.3 is 15.8 Å². The summed E-state index contributed by atoms with van der Waals surface area (Å²) in [6.45, 7) is 0. The molecule has 0 atom stereocenters. The Morgan fingerprint density at radius 3 is 2.79 bits per heavy atom. The van der Waals surface area contributed by atoms with E-state index in [-0.39, 0.29) is 17.1 Å². The highest BCUT2D eigenvalue weighted by Crippen LogP contribution is 2.24. The van der Waals surface area contributed by atoms with E-state index >= 15 is 0 Å². The van der Waals surface area contributed by atoms with E-state index in [1.807, 2.05) is 6.07 Å². The molecule has 0 aliphatic carbocycles. The van der Waals surface area contributed by atoms with Crippen LogP contribution < -0.4 is 15.8 Å². The van der Waals surface area contributed by atoms with Crippen molar-refractivity contribution in [2.75, 3.05) is 18.2 Å². The number of nitriles is 1. The van der Waals surface area contributed by atoms with Crippen LogP contribution in [0.15, 0.2) is 30.3 Å². The number of rotatable bonds is 3. The minimum Gasteiger partial charge on any atom is -0.479 e. The molecule has 2 rings (SSSR count). The normalized spacial score (nSPS) is 9.74. The van der Waals surface area contributed by atoms with Crippen LogP contribution in [0.25, 0.3) is 0 Å². The summed E-state index contributed by atoms with van der Waals surface area (Å²) in [5.41, 5.74) is 6.51. The zero-order chi connectivity index (χ0) is 13.8. The summed E-state index contributed by atoms with van der Waals surface area (Å²) in [5.74, 6) is 0.130. The maximum atomic E-state index is 13.7. The van der Waals surface area contributed by atoms with E-state index < -0.39 is 5.82 Å². The second-order valence-electron chi connectivity index (χ2n) is 3.73. The number of pyridine rings is 1. The van der Waals surface area contributed by atoms with Crippen LogP contribution >= 0.6 is 0 Å². The van der Waals surface area contributed by atoms with Crippen LogP contribution in [0, 0.1) is 17.1 Å². The molecule has 96 valence electrons. The quantitative estimate of drug-likeness (QED) is 0.883. The molecule has 1 heterocycles. The van der Waals surface area contributed by atoms with Gasteiger partial charge in [0, 0.05) is 0 Å². The van der Waals surface area contributed by atoms with E-state index in [1.165, 1.54) is 19.2 Å². The highest BCUT2D eigenvalue weighted by molar-refractivity contribution is 5.61. The third-order valence-corrected chi connectivity index (χ3v) is 2.44. The number of halogens is 1. The molecular weight excluding hydrogens is 247 g/mol. The minimum absolute atomic E-state index is 0.221. The molecule has 0 fully saturated rings. The van der Waals surface area contributed by atoms with Gasteiger partial charge in [-0.3, -0.25) is 0 Å². The number of aromatic nitrogens is 1. The Labute approximate surface area is 109 Å². The predicted molar refractivity (Wildman–Crippen MR) is 69.6 cm³/mol. The van der Waals surface area contributed by atoms with Gasteiger partial charge in [-0.2, -0.15) is 10.2 Å². The van der Waals surface area contributed by atoms with Crippen LogP contribution in [-0.4, -0.2) is 12.1 Å². The highest BCUT2D eigenvalue weighted by Gasteiger charge is 2.07. The van der Waals surface area contributed by atoms with Crippen molar-refractivity contribution in [1.29, 1.82) is 5.26 Å². The van der Waals surface area contributed by atoms with Gasteiger partial charge in [0.1, 0.15) is 11.6 Å². The molecular formula is C13H11FN4O. The van der Waals surface area contributed by atoms with Gasteiger partial charge in [0.25, 0.3) is 0 Å². The Hall–Kier alpha value is -2.81. The number of nitrogens with zero attached hydrogens (tertiary/aromatic N) is 2. The minimum atomic E-state index is -0.531. The fourth-order valence-corrected chi connectivity index (χ4v) is 1.51. The second kappa shape index (κ2) is 5.23. The first-order chi connectivity index (χ1) is 9.13. The van der Waals surface area contributed by atoms with Gasteiger partial charge in [-0.25, -0.2) is 4.39 Å². The van der Waals surface area contributed by atoms with E-state index in [0.717, 1.165) is 6.07 Å². The fraction of sp³-hybridized carbons (Fsp3) is 0.0769. The molecule has 2 aromatic rings. The molecule has 0 aliphatic heterocycles. The average Bonchev–Trinajstić information content (AvgIpc) is 2.43. The number of nitrogens with two attached hydrogens (primary N) is 1. The van der Waals surface area contributed by atoms with Crippen molar-refractivity contribution in [2.45, 2.75) is 0 Å². The summed E-state index contributed by atoms with van der Waals surface area (Å²) >= 11 is 0. The monoisotopic (exact) mass is 258 g/mol. The van der Waals surface area contributed by atoms with Gasteiger partial charge in [0.15, 0.2) is 0 Å². The van der Waals surface area contributed by atoms with E-state index in [4.69, 9.17) is 15.7 Å². The van der Waals surface area contributed by atoms with Crippen LogP contribution in [0.3, 0.4) is 0 Å². The molecule has 0 unspecified atom stereocenters. The molecule has 5 nitrogen and oxygen atoms in total. The van der Waals surface area contributed by atoms with Gasteiger partial charge >= 0.3 is 0 Å². The lowest BCUT2D eigenvalue weighted by Gasteiger charge is -2.09. The van der Waals surface area contributed by atoms with E-state index in [1.54, 1.807) is 12.1 Å². The summed E-state index contributed by atoms with van der Waals surface area (Å²) in [6.07, 6.45) is 0. The number of nitrogen functional groups attached to an aromatic ring is 1. The molecule has 0 amide bonds. The molecule has 19 heavy (non-hydrogen) atoms. The number of benzene rings is 1. The van der Waals surface area contributed by atoms with Crippen molar-refractivity contribution >= 4 is 17.2 Å². The van der Waals surface area contributed by atoms with Crippen molar-refractivity contribution < 1.29 is 9.13 Å². The Bertz CT molecular complexity index is 652. The van der Waals surface area contributed by atoms with Gasteiger partial charge in [0.2, 0.25) is 5.88 Å². The summed E-state index contributed by atoms with van der Waals surface area (Å²) in [5, 5.41) is 11.5. The summed E-state index contributed by atoms with van der Waals surface area (Å²) < 4.78 is 18.7. The van der Waals surface area contributed by atoms with E-state index in [0.29, 0.717) is 11.5 Å². The van der Waals surface area contributed by atoms with E-state index in [2.05, 4.69) is 10.3 Å². The third kappa shape index (κ3) is 2.72. The number of anilines is 3. The summed E-state index contributed by atoms with van der Waals surface area (Å²) in [7, 11) is 1.45. The molecule has 0 aliphatic rings. The van der Waals surface area contributed by atoms with Crippen LogP contribution in [-0.2, 0) is 0 Å². The molecule has 1 aromatic carbocycles. The molecule has 0 saturated carbocycles. The van der Waals surface area contributed by atoms with Crippen LogP contribution in [0.4, 0.5) is 21.6 Å². The number of nitrogens with one attached hydrogen (secondary N) is 1. The lowest BCUT2D eigenvalue weighted by Crippen LogP contribution is -2.00. The molecule has 0 saturated heterocycles. The zero-order valence-electron chi connectivity index (χ0n) is 10.1. The fourth-order valence-electron chi connectivity index (χ4n) is 1.51. The Kier molecular flexibility index (Phi) is 3.48. The maximum Gasteiger partial charge on any atom is 0.238 e.